The topological polar surface area (TPSA) is 50.7 Å². The van der Waals surface area contributed by atoms with Gasteiger partial charge in [-0.25, -0.2) is 9.97 Å². The van der Waals surface area contributed by atoms with Gasteiger partial charge in [-0.15, -0.1) is 0 Å². The van der Waals surface area contributed by atoms with Crippen LogP contribution >= 0.6 is 0 Å². The Morgan fingerprint density at radius 1 is 1.17 bits per heavy atom. The molecule has 2 saturated heterocycles. The molecule has 6 nitrogen and oxygen atoms in total. The van der Waals surface area contributed by atoms with Gasteiger partial charge in [0.05, 0.1) is 13.2 Å². The van der Waals surface area contributed by atoms with Crippen LogP contribution in [0.3, 0.4) is 0 Å². The molecule has 1 atom stereocenters. The van der Waals surface area contributed by atoms with Crippen LogP contribution in [0.15, 0.2) is 18.5 Å². The van der Waals surface area contributed by atoms with Crippen LogP contribution in [0.5, 0.6) is 0 Å². The maximum atomic E-state index is 5.52. The molecular weight excluding hydrogens is 292 g/mol. The summed E-state index contributed by atoms with van der Waals surface area (Å²) in [5.74, 6) is 1.48. The minimum absolute atomic E-state index is 0.370. The zero-order valence-corrected chi connectivity index (χ0v) is 14.3. The van der Waals surface area contributed by atoms with Crippen molar-refractivity contribution in [3.05, 3.63) is 18.5 Å². The first-order chi connectivity index (χ1) is 11.3. The van der Waals surface area contributed by atoms with Gasteiger partial charge in [-0.1, -0.05) is 0 Å². The second kappa shape index (κ2) is 7.55. The molecule has 128 valence electrons. The Kier molecular flexibility index (Phi) is 5.46. The number of hydrogen-bond donors (Lipinski definition) is 0. The van der Waals surface area contributed by atoms with Crippen LogP contribution < -0.4 is 4.90 Å². The normalized spacial score (nSPS) is 24.4. The summed E-state index contributed by atoms with van der Waals surface area (Å²) in [6, 6.07) is 1.87. The van der Waals surface area contributed by atoms with Gasteiger partial charge in [-0.2, -0.15) is 0 Å². The fraction of sp³-hybridized carbons (Fsp3) is 0.765. The van der Waals surface area contributed by atoms with E-state index in [1.165, 1.54) is 12.8 Å². The number of ether oxygens (including phenoxy) is 2. The van der Waals surface area contributed by atoms with E-state index in [4.69, 9.17) is 9.47 Å². The number of aromatic nitrogens is 2. The van der Waals surface area contributed by atoms with Crippen LogP contribution in [-0.2, 0) is 9.47 Å². The maximum absolute atomic E-state index is 5.52. The monoisotopic (exact) mass is 320 g/mol. The summed E-state index contributed by atoms with van der Waals surface area (Å²) in [5, 5.41) is 0. The molecule has 0 N–H and O–H groups in total. The van der Waals surface area contributed by atoms with Gasteiger partial charge in [0.2, 0.25) is 5.95 Å². The van der Waals surface area contributed by atoms with Crippen molar-refractivity contribution in [2.45, 2.75) is 12.8 Å². The summed E-state index contributed by atoms with van der Waals surface area (Å²) in [6.45, 7) is 7.02. The Morgan fingerprint density at radius 3 is 2.57 bits per heavy atom. The maximum Gasteiger partial charge on any atom is 0.225 e. The van der Waals surface area contributed by atoms with Gasteiger partial charge in [-0.3, -0.25) is 0 Å². The summed E-state index contributed by atoms with van der Waals surface area (Å²) in [6.07, 6.45) is 6.01. The number of methoxy groups -OCH3 is 2. The predicted octanol–water partition coefficient (Wildman–Crippen LogP) is 1.29. The fourth-order valence-electron chi connectivity index (χ4n) is 4.14. The molecule has 0 bridgehead atoms. The molecular formula is C17H28N4O2. The summed E-state index contributed by atoms with van der Waals surface area (Å²) in [5.41, 5.74) is 0.370. The smallest absolute Gasteiger partial charge is 0.225 e. The third-order valence-corrected chi connectivity index (χ3v) is 5.46. The lowest BCUT2D eigenvalue weighted by Crippen LogP contribution is -2.45. The van der Waals surface area contributed by atoms with Crippen LogP contribution in [0.1, 0.15) is 12.8 Å². The Bertz CT molecular complexity index is 477. The summed E-state index contributed by atoms with van der Waals surface area (Å²) in [7, 11) is 3.59. The van der Waals surface area contributed by atoms with Gasteiger partial charge in [0.15, 0.2) is 0 Å². The first-order valence-corrected chi connectivity index (χ1v) is 8.49. The SMILES string of the molecule is COCCN1C[C@@H](COC)C2(CCN(c3ncccn3)CC2)C1. The van der Waals surface area contributed by atoms with E-state index in [1.807, 2.05) is 25.6 Å². The van der Waals surface area contributed by atoms with Crippen molar-refractivity contribution in [3.8, 4) is 0 Å². The van der Waals surface area contributed by atoms with Crippen molar-refractivity contribution in [2.75, 3.05) is 65.1 Å². The summed E-state index contributed by atoms with van der Waals surface area (Å²) < 4.78 is 10.8. The molecule has 23 heavy (non-hydrogen) atoms. The van der Waals surface area contributed by atoms with Gasteiger partial charge < -0.3 is 19.3 Å². The lowest BCUT2D eigenvalue weighted by atomic mass is 9.71. The number of likely N-dealkylation sites (tertiary alicyclic amines) is 1. The van der Waals surface area contributed by atoms with Crippen LogP contribution in [0.25, 0.3) is 0 Å². The van der Waals surface area contributed by atoms with Crippen molar-refractivity contribution in [1.82, 2.24) is 14.9 Å². The first-order valence-electron chi connectivity index (χ1n) is 8.49. The standard InChI is InChI=1S/C17H28N4O2/c1-22-11-10-20-12-15(13-23-2)17(14-20)4-8-21(9-5-17)16-18-6-3-7-19-16/h3,6-7,15H,4-5,8-14H2,1-2H3/t15-/m0/s1. The Balaban J connectivity index is 1.64. The molecule has 2 aliphatic heterocycles. The minimum atomic E-state index is 0.370. The number of nitrogens with zero attached hydrogens (tertiary/aromatic N) is 4. The highest BCUT2D eigenvalue weighted by atomic mass is 16.5. The van der Waals surface area contributed by atoms with Crippen molar-refractivity contribution in [1.29, 1.82) is 0 Å². The Morgan fingerprint density at radius 2 is 1.91 bits per heavy atom. The highest BCUT2D eigenvalue weighted by Crippen LogP contribution is 2.45. The molecule has 0 unspecified atom stereocenters. The highest BCUT2D eigenvalue weighted by molar-refractivity contribution is 5.29. The number of piperidine rings is 1. The van der Waals surface area contributed by atoms with E-state index >= 15 is 0 Å². The zero-order valence-electron chi connectivity index (χ0n) is 14.3. The molecule has 2 aliphatic rings. The van der Waals surface area contributed by atoms with Crippen molar-refractivity contribution < 1.29 is 9.47 Å². The van der Waals surface area contributed by atoms with E-state index in [1.54, 1.807) is 7.11 Å². The molecule has 1 aromatic rings. The molecule has 0 aliphatic carbocycles. The highest BCUT2D eigenvalue weighted by Gasteiger charge is 2.47. The predicted molar refractivity (Wildman–Crippen MR) is 89.6 cm³/mol. The van der Waals surface area contributed by atoms with Crippen LogP contribution in [0, 0.1) is 11.3 Å². The van der Waals surface area contributed by atoms with Crippen LogP contribution in [0.2, 0.25) is 0 Å². The Labute approximate surface area is 138 Å². The van der Waals surface area contributed by atoms with E-state index in [0.29, 0.717) is 11.3 Å². The van der Waals surface area contributed by atoms with Crippen LogP contribution in [0.4, 0.5) is 5.95 Å². The van der Waals surface area contributed by atoms with E-state index < -0.39 is 0 Å². The molecule has 2 fully saturated rings. The molecule has 3 rings (SSSR count). The van der Waals surface area contributed by atoms with Gasteiger partial charge >= 0.3 is 0 Å². The molecule has 0 saturated carbocycles. The van der Waals surface area contributed by atoms with Crippen molar-refractivity contribution >= 4 is 5.95 Å². The van der Waals surface area contributed by atoms with Gasteiger partial charge in [-0.05, 0) is 24.3 Å². The molecule has 0 aromatic carbocycles. The van der Waals surface area contributed by atoms with Crippen molar-refractivity contribution in [3.63, 3.8) is 0 Å². The third kappa shape index (κ3) is 3.65. The molecule has 0 radical (unpaired) electrons. The molecule has 1 aromatic heterocycles. The summed E-state index contributed by atoms with van der Waals surface area (Å²) >= 11 is 0. The second-order valence-electron chi connectivity index (χ2n) is 6.78. The lowest BCUT2D eigenvalue weighted by Gasteiger charge is -2.42. The molecule has 0 amide bonds. The van der Waals surface area contributed by atoms with E-state index in [2.05, 4.69) is 19.8 Å². The van der Waals surface area contributed by atoms with E-state index in [9.17, 15) is 0 Å². The second-order valence-corrected chi connectivity index (χ2v) is 6.78. The van der Waals surface area contributed by atoms with Crippen molar-refractivity contribution in [2.24, 2.45) is 11.3 Å². The summed E-state index contributed by atoms with van der Waals surface area (Å²) in [4.78, 5) is 13.6. The number of rotatable bonds is 6. The average molecular weight is 320 g/mol. The molecule has 3 heterocycles. The Hall–Kier alpha value is -1.24. The minimum Gasteiger partial charge on any atom is -0.384 e. The number of hydrogen-bond acceptors (Lipinski definition) is 6. The quantitative estimate of drug-likeness (QED) is 0.787. The largest absolute Gasteiger partial charge is 0.384 e. The first kappa shape index (κ1) is 16.6. The fourth-order valence-corrected chi connectivity index (χ4v) is 4.14. The van der Waals surface area contributed by atoms with Gasteiger partial charge in [0, 0.05) is 65.3 Å². The van der Waals surface area contributed by atoms with E-state index in [0.717, 1.165) is 51.9 Å². The molecule has 6 heteroatoms. The van der Waals surface area contributed by atoms with Gasteiger partial charge in [0.1, 0.15) is 0 Å². The van der Waals surface area contributed by atoms with E-state index in [-0.39, 0.29) is 0 Å². The lowest BCUT2D eigenvalue weighted by molar-refractivity contribution is 0.0760. The van der Waals surface area contributed by atoms with Gasteiger partial charge in [0.25, 0.3) is 0 Å². The third-order valence-electron chi connectivity index (χ3n) is 5.46. The average Bonchev–Trinajstić information content (AvgIpc) is 2.92. The molecule has 1 spiro atoms. The number of anilines is 1. The van der Waals surface area contributed by atoms with Crippen LogP contribution in [-0.4, -0.2) is 75.0 Å². The zero-order chi connectivity index (χ0) is 16.1.